The molecule has 0 spiro atoms. The van der Waals surface area contributed by atoms with Gasteiger partial charge in [0.1, 0.15) is 18.3 Å². The molecule has 1 amide bonds. The minimum atomic E-state index is -0.865. The molecule has 3 saturated heterocycles. The zero-order chi connectivity index (χ0) is 20.3. The van der Waals surface area contributed by atoms with Gasteiger partial charge in [-0.05, 0) is 51.3 Å². The highest BCUT2D eigenvalue weighted by molar-refractivity contribution is 5.94. The molecule has 1 aromatic carbocycles. The van der Waals surface area contributed by atoms with E-state index >= 15 is 0 Å². The van der Waals surface area contributed by atoms with Crippen LogP contribution in [0.1, 0.15) is 53.0 Å². The van der Waals surface area contributed by atoms with Crippen LogP contribution in [0.2, 0.25) is 0 Å². The Morgan fingerprint density at radius 2 is 1.46 bits per heavy atom. The molecule has 3 aliphatic heterocycles. The maximum Gasteiger partial charge on any atom is 0.256 e. The van der Waals surface area contributed by atoms with Crippen molar-refractivity contribution in [1.29, 1.82) is 0 Å². The fourth-order valence-electron chi connectivity index (χ4n) is 3.99. The molecule has 1 aromatic rings. The molecule has 3 fully saturated rings. The van der Waals surface area contributed by atoms with E-state index in [1.165, 1.54) is 5.56 Å². The third-order valence-electron chi connectivity index (χ3n) is 5.26. The van der Waals surface area contributed by atoms with Crippen molar-refractivity contribution in [2.45, 2.75) is 89.7 Å². The highest BCUT2D eigenvalue weighted by Gasteiger charge is 2.62. The van der Waals surface area contributed by atoms with Crippen LogP contribution in [-0.2, 0) is 28.5 Å². The third kappa shape index (κ3) is 3.69. The molecule has 5 atom stereocenters. The minimum absolute atomic E-state index is 0.291. The van der Waals surface area contributed by atoms with Crippen molar-refractivity contribution in [2.75, 3.05) is 5.32 Å². The number of fused-ring (bicyclic) bond motifs is 3. The molecule has 1 N–H and O–H groups in total. The van der Waals surface area contributed by atoms with Gasteiger partial charge in [-0.25, -0.2) is 0 Å². The summed E-state index contributed by atoms with van der Waals surface area (Å²) in [7, 11) is 0. The summed E-state index contributed by atoms with van der Waals surface area (Å²) >= 11 is 0. The molecule has 0 aromatic heterocycles. The van der Waals surface area contributed by atoms with Crippen molar-refractivity contribution in [3.05, 3.63) is 29.8 Å². The van der Waals surface area contributed by atoms with E-state index < -0.39 is 42.3 Å². The molecule has 7 heteroatoms. The standard InChI is InChI=1S/C21H29NO6/c1-11(2)12-7-9-13(10-8-12)22-18(23)16-14-15(26-20(3,4)25-14)17-19(24-16)28-21(5,6)27-17/h7-11,14-17,19H,1-6H3,(H,22,23)/t14-,15+,16+,17+,19-/m0/s1. The lowest BCUT2D eigenvalue weighted by Gasteiger charge is -2.36. The van der Waals surface area contributed by atoms with Gasteiger partial charge in [-0.15, -0.1) is 0 Å². The maximum atomic E-state index is 13.0. The predicted molar refractivity (Wildman–Crippen MR) is 102 cm³/mol. The van der Waals surface area contributed by atoms with Gasteiger partial charge in [-0.3, -0.25) is 4.79 Å². The van der Waals surface area contributed by atoms with E-state index in [1.807, 2.05) is 52.0 Å². The van der Waals surface area contributed by atoms with Crippen molar-refractivity contribution in [2.24, 2.45) is 0 Å². The average molecular weight is 391 g/mol. The van der Waals surface area contributed by atoms with Gasteiger partial charge in [-0.1, -0.05) is 26.0 Å². The van der Waals surface area contributed by atoms with Gasteiger partial charge in [0.25, 0.3) is 5.91 Å². The quantitative estimate of drug-likeness (QED) is 0.853. The minimum Gasteiger partial charge on any atom is -0.342 e. The second kappa shape index (κ2) is 6.78. The highest BCUT2D eigenvalue weighted by atomic mass is 16.9. The zero-order valence-electron chi connectivity index (χ0n) is 17.2. The van der Waals surface area contributed by atoms with Gasteiger partial charge in [0.15, 0.2) is 24.0 Å². The van der Waals surface area contributed by atoms with Crippen LogP contribution in [0.5, 0.6) is 0 Å². The number of amides is 1. The van der Waals surface area contributed by atoms with Crippen molar-refractivity contribution in [1.82, 2.24) is 0 Å². The Hall–Kier alpha value is -1.51. The molecule has 7 nitrogen and oxygen atoms in total. The number of ether oxygens (including phenoxy) is 5. The first-order chi connectivity index (χ1) is 13.0. The van der Waals surface area contributed by atoms with Gasteiger partial charge < -0.3 is 29.0 Å². The first kappa shape index (κ1) is 19.8. The van der Waals surface area contributed by atoms with Crippen molar-refractivity contribution >= 4 is 11.6 Å². The monoisotopic (exact) mass is 391 g/mol. The number of hydrogen-bond donors (Lipinski definition) is 1. The Morgan fingerprint density at radius 1 is 0.893 bits per heavy atom. The lowest BCUT2D eigenvalue weighted by molar-refractivity contribution is -0.229. The van der Waals surface area contributed by atoms with Crippen molar-refractivity contribution < 1.29 is 28.5 Å². The molecular weight excluding hydrogens is 362 g/mol. The molecule has 3 heterocycles. The lowest BCUT2D eigenvalue weighted by atomic mass is 9.98. The topological polar surface area (TPSA) is 75.3 Å². The van der Waals surface area contributed by atoms with Crippen LogP contribution in [0, 0.1) is 0 Å². The van der Waals surface area contributed by atoms with Crippen molar-refractivity contribution in [3.8, 4) is 0 Å². The summed E-state index contributed by atoms with van der Waals surface area (Å²) in [5.41, 5.74) is 1.92. The van der Waals surface area contributed by atoms with Gasteiger partial charge >= 0.3 is 0 Å². The summed E-state index contributed by atoms with van der Waals surface area (Å²) in [6, 6.07) is 7.81. The largest absolute Gasteiger partial charge is 0.342 e. The molecule has 0 radical (unpaired) electrons. The van der Waals surface area contributed by atoms with E-state index in [-0.39, 0.29) is 5.91 Å². The van der Waals surface area contributed by atoms with Crippen LogP contribution < -0.4 is 5.32 Å². The summed E-state index contributed by atoms with van der Waals surface area (Å²) in [5, 5.41) is 2.92. The number of nitrogens with one attached hydrogen (secondary N) is 1. The first-order valence-electron chi connectivity index (χ1n) is 9.82. The number of anilines is 1. The smallest absolute Gasteiger partial charge is 0.256 e. The van der Waals surface area contributed by atoms with Crippen LogP contribution in [0.25, 0.3) is 0 Å². The van der Waals surface area contributed by atoms with Crippen LogP contribution >= 0.6 is 0 Å². The van der Waals surface area contributed by atoms with E-state index in [2.05, 4.69) is 19.2 Å². The molecule has 0 unspecified atom stereocenters. The summed E-state index contributed by atoms with van der Waals surface area (Å²) in [6.45, 7) is 11.5. The van der Waals surface area contributed by atoms with Crippen LogP contribution in [-0.4, -0.2) is 48.2 Å². The molecule has 4 rings (SSSR count). The van der Waals surface area contributed by atoms with E-state index in [0.29, 0.717) is 11.6 Å². The van der Waals surface area contributed by atoms with Crippen LogP contribution in [0.15, 0.2) is 24.3 Å². The fourth-order valence-corrected chi connectivity index (χ4v) is 3.99. The average Bonchev–Trinajstić information content (AvgIpc) is 3.08. The summed E-state index contributed by atoms with van der Waals surface area (Å²) in [4.78, 5) is 13.0. The van der Waals surface area contributed by atoms with Gasteiger partial charge in [0, 0.05) is 5.69 Å². The lowest BCUT2D eigenvalue weighted by Crippen LogP contribution is -2.58. The molecule has 0 bridgehead atoms. The Balaban J connectivity index is 1.53. The molecule has 28 heavy (non-hydrogen) atoms. The van der Waals surface area contributed by atoms with E-state index in [0.717, 1.165) is 0 Å². The number of rotatable bonds is 3. The van der Waals surface area contributed by atoms with Gasteiger partial charge in [0.05, 0.1) is 0 Å². The number of hydrogen-bond acceptors (Lipinski definition) is 6. The fraction of sp³-hybridized carbons (Fsp3) is 0.667. The molecule has 154 valence electrons. The Bertz CT molecular complexity index is 744. The highest BCUT2D eigenvalue weighted by Crippen LogP contribution is 2.44. The second-order valence-corrected chi connectivity index (χ2v) is 8.86. The van der Waals surface area contributed by atoms with E-state index in [4.69, 9.17) is 23.7 Å². The molecule has 0 saturated carbocycles. The van der Waals surface area contributed by atoms with Crippen LogP contribution in [0.3, 0.4) is 0 Å². The first-order valence-corrected chi connectivity index (χ1v) is 9.82. The van der Waals surface area contributed by atoms with Gasteiger partial charge in [0.2, 0.25) is 0 Å². The Labute approximate surface area is 165 Å². The second-order valence-electron chi connectivity index (χ2n) is 8.86. The number of carbonyl (C=O) groups excluding carboxylic acids is 1. The molecule has 0 aliphatic carbocycles. The number of benzene rings is 1. The maximum absolute atomic E-state index is 13.0. The normalized spacial score (nSPS) is 35.5. The number of carbonyl (C=O) groups is 1. The Morgan fingerprint density at radius 3 is 2.11 bits per heavy atom. The van der Waals surface area contributed by atoms with E-state index in [1.54, 1.807) is 0 Å². The zero-order valence-corrected chi connectivity index (χ0v) is 17.2. The van der Waals surface area contributed by atoms with E-state index in [9.17, 15) is 4.79 Å². The van der Waals surface area contributed by atoms with Gasteiger partial charge in [-0.2, -0.15) is 0 Å². The van der Waals surface area contributed by atoms with Crippen LogP contribution in [0.4, 0.5) is 5.69 Å². The predicted octanol–water partition coefficient (Wildman–Crippen LogP) is 3.15. The third-order valence-corrected chi connectivity index (χ3v) is 5.26. The Kier molecular flexibility index (Phi) is 4.79. The SMILES string of the molecule is CC(C)c1ccc(NC(=O)[C@@H]2O[C@H]3OC(C)(C)O[C@@H]3[C@@H]3OC(C)(C)O[C@@H]32)cc1. The van der Waals surface area contributed by atoms with Crippen molar-refractivity contribution in [3.63, 3.8) is 0 Å². The molecular formula is C21H29NO6. The summed E-state index contributed by atoms with van der Waals surface area (Å²) in [6.07, 6.45) is -3.03. The summed E-state index contributed by atoms with van der Waals surface area (Å²) < 4.78 is 29.8. The summed E-state index contributed by atoms with van der Waals surface area (Å²) in [5.74, 6) is -1.51. The molecule has 3 aliphatic rings.